The average molecular weight is 416 g/mol. The summed E-state index contributed by atoms with van der Waals surface area (Å²) in [7, 11) is 1.24. The van der Waals surface area contributed by atoms with Gasteiger partial charge in [-0.1, -0.05) is 6.08 Å². The highest BCUT2D eigenvalue weighted by Crippen LogP contribution is 2.37. The molecular weight excluding hydrogens is 396 g/mol. The Morgan fingerprint density at radius 2 is 2.06 bits per heavy atom. The standard InChI is InChI=1S/C22H20N6O3/c1-31-22(30)15-7-5-13(12-23)11-18(15)25-21(29)17-9-10-20(27-26-17)28-14-3-2-4-19(28)16(24)8-6-14/h5-7,9-11H,2-4,8,24H2,1H3,(H,25,29). The molecule has 2 aliphatic heterocycles. The van der Waals surface area contributed by atoms with Gasteiger partial charge in [0.2, 0.25) is 0 Å². The quantitative estimate of drug-likeness (QED) is 0.727. The van der Waals surface area contributed by atoms with Crippen LogP contribution in [0, 0.1) is 11.3 Å². The third-order valence-corrected chi connectivity index (χ3v) is 5.25. The summed E-state index contributed by atoms with van der Waals surface area (Å²) in [6.07, 6.45) is 5.68. The van der Waals surface area contributed by atoms with E-state index in [4.69, 9.17) is 15.7 Å². The van der Waals surface area contributed by atoms with E-state index in [1.807, 2.05) is 11.0 Å². The summed E-state index contributed by atoms with van der Waals surface area (Å²) in [5, 5.41) is 20.0. The number of allylic oxidation sites excluding steroid dienone is 3. The summed E-state index contributed by atoms with van der Waals surface area (Å²) >= 11 is 0. The monoisotopic (exact) mass is 416 g/mol. The molecule has 9 heteroatoms. The molecule has 1 aromatic heterocycles. The molecule has 2 bridgehead atoms. The Morgan fingerprint density at radius 3 is 2.77 bits per heavy atom. The number of ether oxygens (including phenoxy) is 1. The molecule has 0 saturated carbocycles. The summed E-state index contributed by atoms with van der Waals surface area (Å²) < 4.78 is 4.74. The average Bonchev–Trinajstić information content (AvgIpc) is 2.80. The molecule has 3 N–H and O–H groups in total. The van der Waals surface area contributed by atoms with Crippen LogP contribution in [0.25, 0.3) is 0 Å². The number of piperidine rings is 1. The maximum Gasteiger partial charge on any atom is 0.339 e. The molecule has 0 radical (unpaired) electrons. The number of fused-ring (bicyclic) bond motifs is 2. The normalized spacial score (nSPS) is 15.1. The highest BCUT2D eigenvalue weighted by atomic mass is 16.5. The molecule has 1 fully saturated rings. The number of amides is 1. The molecule has 4 rings (SSSR count). The van der Waals surface area contributed by atoms with Gasteiger partial charge in [0, 0.05) is 23.5 Å². The minimum absolute atomic E-state index is 0.0695. The van der Waals surface area contributed by atoms with Gasteiger partial charge >= 0.3 is 5.97 Å². The van der Waals surface area contributed by atoms with E-state index in [1.165, 1.54) is 25.3 Å². The van der Waals surface area contributed by atoms with Gasteiger partial charge in [0.1, 0.15) is 0 Å². The van der Waals surface area contributed by atoms with Crippen LogP contribution in [0.15, 0.2) is 53.5 Å². The fourth-order valence-electron chi connectivity index (χ4n) is 3.72. The zero-order valence-electron chi connectivity index (χ0n) is 16.9. The number of hydrogen-bond donors (Lipinski definition) is 2. The second kappa shape index (κ2) is 8.28. The van der Waals surface area contributed by atoms with Crippen LogP contribution in [0.2, 0.25) is 0 Å². The number of nitriles is 1. The number of nitrogens with one attached hydrogen (secondary N) is 1. The van der Waals surface area contributed by atoms with Crippen molar-refractivity contribution < 1.29 is 14.3 Å². The lowest BCUT2D eigenvalue weighted by Crippen LogP contribution is -2.32. The van der Waals surface area contributed by atoms with Crippen LogP contribution in [-0.4, -0.2) is 29.2 Å². The first-order chi connectivity index (χ1) is 15.0. The Kier molecular flexibility index (Phi) is 5.37. The van der Waals surface area contributed by atoms with Crippen LogP contribution in [0.4, 0.5) is 11.5 Å². The SMILES string of the molecule is COC(=O)c1ccc(C#N)cc1NC(=O)c1ccc(N2C3=CCC(N)=C2CCC3)nn1. The molecule has 9 nitrogen and oxygen atoms in total. The first kappa shape index (κ1) is 20.1. The Morgan fingerprint density at radius 1 is 1.23 bits per heavy atom. The van der Waals surface area contributed by atoms with Crippen molar-refractivity contribution in [3.05, 3.63) is 70.3 Å². The van der Waals surface area contributed by atoms with E-state index in [0.29, 0.717) is 11.4 Å². The van der Waals surface area contributed by atoms with E-state index in [0.717, 1.165) is 42.8 Å². The molecule has 0 spiro atoms. The fourth-order valence-corrected chi connectivity index (χ4v) is 3.72. The molecule has 0 unspecified atom stereocenters. The number of nitrogens with two attached hydrogens (primary N) is 1. The number of aromatic nitrogens is 2. The third kappa shape index (κ3) is 3.83. The van der Waals surface area contributed by atoms with Crippen molar-refractivity contribution in [3.63, 3.8) is 0 Å². The molecule has 1 saturated heterocycles. The highest BCUT2D eigenvalue weighted by molar-refractivity contribution is 6.07. The van der Waals surface area contributed by atoms with Crippen LogP contribution >= 0.6 is 0 Å². The predicted molar refractivity (Wildman–Crippen MR) is 113 cm³/mol. The third-order valence-electron chi connectivity index (χ3n) is 5.25. The minimum atomic E-state index is -0.628. The number of carbonyl (C=O) groups is 2. The Bertz CT molecular complexity index is 1160. The van der Waals surface area contributed by atoms with Gasteiger partial charge in [0.05, 0.1) is 30.0 Å². The Balaban J connectivity index is 1.58. The molecule has 2 aromatic rings. The van der Waals surface area contributed by atoms with Crippen LogP contribution < -0.4 is 16.0 Å². The number of carbonyl (C=O) groups excluding carboxylic acids is 2. The van der Waals surface area contributed by atoms with Crippen molar-refractivity contribution in [3.8, 4) is 6.07 Å². The zero-order chi connectivity index (χ0) is 22.0. The smallest absolute Gasteiger partial charge is 0.339 e. The number of hydrogen-bond acceptors (Lipinski definition) is 8. The summed E-state index contributed by atoms with van der Waals surface area (Å²) in [6, 6.07) is 9.56. The van der Waals surface area contributed by atoms with E-state index >= 15 is 0 Å². The van der Waals surface area contributed by atoms with E-state index in [9.17, 15) is 9.59 Å². The van der Waals surface area contributed by atoms with Crippen molar-refractivity contribution in [2.75, 3.05) is 17.3 Å². The molecule has 1 amide bonds. The molecular formula is C22H20N6O3. The lowest BCUT2D eigenvalue weighted by atomic mass is 9.96. The number of methoxy groups -OCH3 is 1. The van der Waals surface area contributed by atoms with Crippen LogP contribution in [-0.2, 0) is 4.74 Å². The summed E-state index contributed by atoms with van der Waals surface area (Å²) in [5.74, 6) is -0.588. The van der Waals surface area contributed by atoms with Crippen molar-refractivity contribution in [1.29, 1.82) is 5.26 Å². The molecule has 2 aliphatic rings. The second-order valence-corrected chi connectivity index (χ2v) is 7.16. The van der Waals surface area contributed by atoms with E-state index in [1.54, 1.807) is 12.1 Å². The predicted octanol–water partition coefficient (Wildman–Crippen LogP) is 2.84. The van der Waals surface area contributed by atoms with Crippen molar-refractivity contribution in [2.24, 2.45) is 5.73 Å². The number of nitrogens with zero attached hydrogens (tertiary/aromatic N) is 4. The molecule has 0 atom stereocenters. The number of rotatable bonds is 4. The minimum Gasteiger partial charge on any atom is -0.465 e. The van der Waals surface area contributed by atoms with Crippen molar-refractivity contribution in [2.45, 2.75) is 25.7 Å². The second-order valence-electron chi connectivity index (χ2n) is 7.16. The number of anilines is 2. The summed E-state index contributed by atoms with van der Waals surface area (Å²) in [4.78, 5) is 26.7. The lowest BCUT2D eigenvalue weighted by molar-refractivity contribution is 0.0602. The number of esters is 1. The van der Waals surface area contributed by atoms with Gasteiger partial charge in [0.25, 0.3) is 5.91 Å². The molecule has 31 heavy (non-hydrogen) atoms. The van der Waals surface area contributed by atoms with Crippen molar-refractivity contribution in [1.82, 2.24) is 10.2 Å². The maximum absolute atomic E-state index is 12.7. The Labute approximate surface area is 178 Å². The van der Waals surface area contributed by atoms with Crippen molar-refractivity contribution >= 4 is 23.4 Å². The van der Waals surface area contributed by atoms with Gasteiger partial charge in [-0.05, 0) is 49.6 Å². The van der Waals surface area contributed by atoms with Gasteiger partial charge < -0.3 is 15.8 Å². The van der Waals surface area contributed by atoms with Gasteiger partial charge in [-0.2, -0.15) is 5.26 Å². The molecule has 156 valence electrons. The van der Waals surface area contributed by atoms with E-state index < -0.39 is 11.9 Å². The first-order valence-corrected chi connectivity index (χ1v) is 9.76. The fraction of sp³-hybridized carbons (Fsp3) is 0.227. The highest BCUT2D eigenvalue weighted by Gasteiger charge is 2.28. The van der Waals surface area contributed by atoms with Crippen LogP contribution in [0.5, 0.6) is 0 Å². The van der Waals surface area contributed by atoms with Crippen LogP contribution in [0.1, 0.15) is 52.1 Å². The van der Waals surface area contributed by atoms with E-state index in [-0.39, 0.29) is 16.9 Å². The largest absolute Gasteiger partial charge is 0.465 e. The zero-order valence-corrected chi connectivity index (χ0v) is 16.9. The topological polar surface area (TPSA) is 134 Å². The molecule has 0 aliphatic carbocycles. The van der Waals surface area contributed by atoms with Gasteiger partial charge in [0.15, 0.2) is 11.5 Å². The van der Waals surface area contributed by atoms with Gasteiger partial charge in [-0.25, -0.2) is 4.79 Å². The Hall–Kier alpha value is -4.19. The van der Waals surface area contributed by atoms with Gasteiger partial charge in [-0.15, -0.1) is 10.2 Å². The van der Waals surface area contributed by atoms with Crippen LogP contribution in [0.3, 0.4) is 0 Å². The van der Waals surface area contributed by atoms with E-state index in [2.05, 4.69) is 21.6 Å². The maximum atomic E-state index is 12.7. The molecule has 3 heterocycles. The number of benzene rings is 1. The first-order valence-electron chi connectivity index (χ1n) is 9.76. The molecule has 1 aromatic carbocycles. The summed E-state index contributed by atoms with van der Waals surface area (Å²) in [5.41, 5.74) is 9.82. The van der Waals surface area contributed by atoms with Gasteiger partial charge in [-0.3, -0.25) is 9.69 Å². The summed E-state index contributed by atoms with van der Waals surface area (Å²) in [6.45, 7) is 0. The lowest BCUT2D eigenvalue weighted by Gasteiger charge is -2.36.